The van der Waals surface area contributed by atoms with Gasteiger partial charge in [-0.2, -0.15) is 0 Å². The summed E-state index contributed by atoms with van der Waals surface area (Å²) in [5.74, 6) is 0. The van der Waals surface area contributed by atoms with Crippen molar-refractivity contribution in [2.75, 3.05) is 26.2 Å². The second-order valence-corrected chi connectivity index (χ2v) is 5.32. The predicted octanol–water partition coefficient (Wildman–Crippen LogP) is 2.97. The van der Waals surface area contributed by atoms with Gasteiger partial charge in [-0.25, -0.2) is 0 Å². The van der Waals surface area contributed by atoms with Gasteiger partial charge in [0.05, 0.1) is 0 Å². The van der Waals surface area contributed by atoms with Crippen LogP contribution in [0.25, 0.3) is 11.1 Å². The zero-order valence-electron chi connectivity index (χ0n) is 12.2. The second-order valence-electron chi connectivity index (χ2n) is 5.32. The molecule has 1 saturated heterocycles. The van der Waals surface area contributed by atoms with Crippen LogP contribution in [0, 0.1) is 0 Å². The number of hydrogen-bond acceptors (Lipinski definition) is 3. The molecule has 1 aliphatic rings. The fourth-order valence-electron chi connectivity index (χ4n) is 2.71. The first-order valence-electron chi connectivity index (χ1n) is 7.34. The molecule has 0 aliphatic carbocycles. The Morgan fingerprint density at radius 3 is 2.71 bits per heavy atom. The van der Waals surface area contributed by atoms with Crippen LogP contribution in [0.15, 0.2) is 48.8 Å². The fourth-order valence-corrected chi connectivity index (χ4v) is 2.71. The Morgan fingerprint density at radius 2 is 1.86 bits per heavy atom. The Balaban J connectivity index is 0.00000161. The summed E-state index contributed by atoms with van der Waals surface area (Å²) in [6, 6.07) is 13.0. The van der Waals surface area contributed by atoms with Crippen molar-refractivity contribution in [1.29, 1.82) is 0 Å². The van der Waals surface area contributed by atoms with Gasteiger partial charge in [-0.1, -0.05) is 18.2 Å². The van der Waals surface area contributed by atoms with Gasteiger partial charge in [0, 0.05) is 32.0 Å². The van der Waals surface area contributed by atoms with Crippen molar-refractivity contribution < 1.29 is 0 Å². The first-order valence-corrected chi connectivity index (χ1v) is 7.34. The molecular formula is C17H22ClN3. The lowest BCUT2D eigenvalue weighted by Crippen LogP contribution is -2.27. The Bertz CT molecular complexity index is 537. The van der Waals surface area contributed by atoms with Gasteiger partial charge in [0.2, 0.25) is 0 Å². The smallest absolute Gasteiger partial charge is 0.0273 e. The number of halogens is 1. The molecule has 3 rings (SSSR count). The lowest BCUT2D eigenvalue weighted by atomic mass is 10.0. The second kappa shape index (κ2) is 8.13. The molecule has 0 radical (unpaired) electrons. The molecule has 2 aromatic rings. The van der Waals surface area contributed by atoms with E-state index in [0.717, 1.165) is 26.2 Å². The van der Waals surface area contributed by atoms with Crippen molar-refractivity contribution >= 4 is 12.4 Å². The van der Waals surface area contributed by atoms with Gasteiger partial charge < -0.3 is 5.32 Å². The highest BCUT2D eigenvalue weighted by molar-refractivity contribution is 5.85. The predicted molar refractivity (Wildman–Crippen MR) is 89.7 cm³/mol. The summed E-state index contributed by atoms with van der Waals surface area (Å²) in [5, 5.41) is 3.45. The number of aromatic nitrogens is 1. The molecule has 0 saturated carbocycles. The third kappa shape index (κ3) is 4.53. The van der Waals surface area contributed by atoms with Crippen LogP contribution >= 0.6 is 12.4 Å². The summed E-state index contributed by atoms with van der Waals surface area (Å²) in [5.41, 5.74) is 3.90. The van der Waals surface area contributed by atoms with Gasteiger partial charge in [-0.3, -0.25) is 9.88 Å². The van der Waals surface area contributed by atoms with E-state index in [2.05, 4.69) is 51.6 Å². The Hall–Kier alpha value is -1.42. The van der Waals surface area contributed by atoms with Gasteiger partial charge in [-0.05, 0) is 54.4 Å². The van der Waals surface area contributed by atoms with Crippen molar-refractivity contribution in [3.8, 4) is 11.1 Å². The van der Waals surface area contributed by atoms with Crippen LogP contribution in [0.4, 0.5) is 0 Å². The highest BCUT2D eigenvalue weighted by Crippen LogP contribution is 2.20. The quantitative estimate of drug-likeness (QED) is 0.945. The molecule has 3 nitrogen and oxygen atoms in total. The molecule has 1 aromatic carbocycles. The number of benzene rings is 1. The Morgan fingerprint density at radius 1 is 1.00 bits per heavy atom. The summed E-state index contributed by atoms with van der Waals surface area (Å²) in [4.78, 5) is 6.62. The van der Waals surface area contributed by atoms with E-state index in [4.69, 9.17) is 0 Å². The Kier molecular flexibility index (Phi) is 6.18. The van der Waals surface area contributed by atoms with E-state index >= 15 is 0 Å². The number of nitrogens with one attached hydrogen (secondary N) is 1. The number of nitrogens with zero attached hydrogens (tertiary/aromatic N) is 2. The molecule has 0 spiro atoms. The van der Waals surface area contributed by atoms with Gasteiger partial charge >= 0.3 is 0 Å². The van der Waals surface area contributed by atoms with E-state index in [1.807, 2.05) is 12.4 Å². The average molecular weight is 304 g/mol. The summed E-state index contributed by atoms with van der Waals surface area (Å²) >= 11 is 0. The van der Waals surface area contributed by atoms with Gasteiger partial charge in [0.15, 0.2) is 0 Å². The number of pyridine rings is 1. The third-order valence-corrected chi connectivity index (χ3v) is 3.78. The van der Waals surface area contributed by atoms with Crippen LogP contribution in [0.3, 0.4) is 0 Å². The zero-order valence-corrected chi connectivity index (χ0v) is 13.0. The van der Waals surface area contributed by atoms with Crippen molar-refractivity contribution in [1.82, 2.24) is 15.2 Å². The molecule has 4 heteroatoms. The average Bonchev–Trinajstić information content (AvgIpc) is 2.77. The first kappa shape index (κ1) is 16.0. The molecule has 2 heterocycles. The molecule has 1 fully saturated rings. The minimum absolute atomic E-state index is 0. The van der Waals surface area contributed by atoms with E-state index in [0.29, 0.717) is 0 Å². The first-order chi connectivity index (χ1) is 9.92. The highest BCUT2D eigenvalue weighted by atomic mass is 35.5. The maximum Gasteiger partial charge on any atom is 0.0273 e. The lowest BCUT2D eigenvalue weighted by Gasteiger charge is -2.19. The van der Waals surface area contributed by atoms with Crippen LogP contribution in [0.5, 0.6) is 0 Å². The largest absolute Gasteiger partial charge is 0.315 e. The van der Waals surface area contributed by atoms with Gasteiger partial charge in [0.25, 0.3) is 0 Å². The minimum Gasteiger partial charge on any atom is -0.315 e. The van der Waals surface area contributed by atoms with Crippen LogP contribution in [-0.4, -0.2) is 36.1 Å². The minimum atomic E-state index is 0. The highest BCUT2D eigenvalue weighted by Gasteiger charge is 2.09. The maximum atomic E-state index is 4.08. The van der Waals surface area contributed by atoms with Crippen LogP contribution < -0.4 is 5.32 Å². The summed E-state index contributed by atoms with van der Waals surface area (Å²) in [6.45, 7) is 5.62. The van der Waals surface area contributed by atoms with E-state index in [9.17, 15) is 0 Å². The van der Waals surface area contributed by atoms with Crippen molar-refractivity contribution in [3.63, 3.8) is 0 Å². The van der Waals surface area contributed by atoms with E-state index < -0.39 is 0 Å². The van der Waals surface area contributed by atoms with Crippen LogP contribution in [0.2, 0.25) is 0 Å². The molecule has 1 aromatic heterocycles. The standard InChI is InChI=1S/C17H21N3.ClH/c1-3-15(14-20-11-2-7-18-10-12-20)13-17(4-1)16-5-8-19-9-6-16;/h1,3-6,8-9,13,18H,2,7,10-12,14H2;1H. The molecule has 1 N–H and O–H groups in total. The summed E-state index contributed by atoms with van der Waals surface area (Å²) in [7, 11) is 0. The van der Waals surface area contributed by atoms with Crippen LogP contribution in [-0.2, 0) is 6.54 Å². The van der Waals surface area contributed by atoms with E-state index in [1.54, 1.807) is 0 Å². The fraction of sp³-hybridized carbons (Fsp3) is 0.353. The molecule has 0 bridgehead atoms. The summed E-state index contributed by atoms with van der Waals surface area (Å²) in [6.07, 6.45) is 4.94. The van der Waals surface area contributed by atoms with Crippen molar-refractivity contribution in [3.05, 3.63) is 54.4 Å². The topological polar surface area (TPSA) is 28.2 Å². The monoisotopic (exact) mass is 303 g/mol. The maximum absolute atomic E-state index is 4.08. The Labute approximate surface area is 132 Å². The normalized spacial score (nSPS) is 16.0. The van der Waals surface area contributed by atoms with E-state index in [-0.39, 0.29) is 12.4 Å². The summed E-state index contributed by atoms with van der Waals surface area (Å²) < 4.78 is 0. The zero-order chi connectivity index (χ0) is 13.6. The molecule has 0 unspecified atom stereocenters. The number of hydrogen-bond donors (Lipinski definition) is 1. The molecule has 112 valence electrons. The lowest BCUT2D eigenvalue weighted by molar-refractivity contribution is 0.284. The van der Waals surface area contributed by atoms with Gasteiger partial charge in [0.1, 0.15) is 0 Å². The molecular weight excluding hydrogens is 282 g/mol. The van der Waals surface area contributed by atoms with E-state index in [1.165, 1.54) is 29.7 Å². The molecule has 0 atom stereocenters. The van der Waals surface area contributed by atoms with Crippen molar-refractivity contribution in [2.24, 2.45) is 0 Å². The molecule has 1 aliphatic heterocycles. The molecule has 21 heavy (non-hydrogen) atoms. The SMILES string of the molecule is Cl.c1cc(CN2CCCNCC2)cc(-c2ccncc2)c1. The third-order valence-electron chi connectivity index (χ3n) is 3.78. The van der Waals surface area contributed by atoms with Gasteiger partial charge in [-0.15, -0.1) is 12.4 Å². The molecule has 0 amide bonds. The number of rotatable bonds is 3. The van der Waals surface area contributed by atoms with Crippen molar-refractivity contribution in [2.45, 2.75) is 13.0 Å². The van der Waals surface area contributed by atoms with Crippen LogP contribution in [0.1, 0.15) is 12.0 Å².